The van der Waals surface area contributed by atoms with E-state index < -0.39 is 0 Å². The SMILES string of the molecule is C/C=C/c1ccccc1.[Pd]. The zero-order chi connectivity index (χ0) is 6.53. The summed E-state index contributed by atoms with van der Waals surface area (Å²) in [5.74, 6) is 0. The molecule has 0 unspecified atom stereocenters. The molecule has 0 N–H and O–H groups in total. The zero-order valence-electron chi connectivity index (χ0n) is 5.86. The van der Waals surface area contributed by atoms with Gasteiger partial charge >= 0.3 is 0 Å². The van der Waals surface area contributed by atoms with E-state index in [1.165, 1.54) is 5.56 Å². The summed E-state index contributed by atoms with van der Waals surface area (Å²) >= 11 is 0. The average molecular weight is 225 g/mol. The van der Waals surface area contributed by atoms with Gasteiger partial charge in [-0.1, -0.05) is 42.5 Å². The summed E-state index contributed by atoms with van der Waals surface area (Å²) < 4.78 is 0. The molecular weight excluding hydrogens is 215 g/mol. The van der Waals surface area contributed by atoms with Gasteiger partial charge in [0.2, 0.25) is 0 Å². The molecule has 1 heteroatoms. The van der Waals surface area contributed by atoms with E-state index in [4.69, 9.17) is 0 Å². The van der Waals surface area contributed by atoms with E-state index in [2.05, 4.69) is 18.2 Å². The molecule has 0 aromatic heterocycles. The molecule has 0 radical (unpaired) electrons. The molecule has 0 spiro atoms. The Labute approximate surface area is 75.6 Å². The van der Waals surface area contributed by atoms with Gasteiger partial charge in [-0.05, 0) is 12.5 Å². The van der Waals surface area contributed by atoms with Crippen LogP contribution in [0.1, 0.15) is 12.5 Å². The van der Waals surface area contributed by atoms with E-state index in [1.807, 2.05) is 31.2 Å². The standard InChI is InChI=1S/C9H10.Pd/c1-2-6-9-7-4-3-5-8-9;/h2-8H,1H3;/b6-2+;. The molecule has 56 valence electrons. The third kappa shape index (κ3) is 2.96. The first-order valence-electron chi connectivity index (χ1n) is 3.11. The summed E-state index contributed by atoms with van der Waals surface area (Å²) in [4.78, 5) is 0. The Morgan fingerprint density at radius 1 is 1.10 bits per heavy atom. The largest absolute Gasteiger partial charge is 0.0871 e. The summed E-state index contributed by atoms with van der Waals surface area (Å²) in [6, 6.07) is 10.3. The van der Waals surface area contributed by atoms with Crippen molar-refractivity contribution in [1.29, 1.82) is 0 Å². The Balaban J connectivity index is 0.000000810. The quantitative estimate of drug-likeness (QED) is 0.644. The van der Waals surface area contributed by atoms with E-state index in [0.717, 1.165) is 0 Å². The van der Waals surface area contributed by atoms with Crippen LogP contribution in [-0.4, -0.2) is 0 Å². The molecule has 0 saturated carbocycles. The number of rotatable bonds is 1. The molecule has 0 atom stereocenters. The molecule has 0 aliphatic heterocycles. The van der Waals surface area contributed by atoms with Crippen molar-refractivity contribution in [2.75, 3.05) is 0 Å². The van der Waals surface area contributed by atoms with Gasteiger partial charge < -0.3 is 0 Å². The summed E-state index contributed by atoms with van der Waals surface area (Å²) in [5, 5.41) is 0. The summed E-state index contributed by atoms with van der Waals surface area (Å²) in [5.41, 5.74) is 1.26. The van der Waals surface area contributed by atoms with Gasteiger partial charge in [-0.3, -0.25) is 0 Å². The van der Waals surface area contributed by atoms with Crippen molar-refractivity contribution in [3.63, 3.8) is 0 Å². The van der Waals surface area contributed by atoms with Crippen molar-refractivity contribution < 1.29 is 20.4 Å². The predicted molar refractivity (Wildman–Crippen MR) is 41.2 cm³/mol. The maximum absolute atomic E-state index is 2.08. The van der Waals surface area contributed by atoms with E-state index in [0.29, 0.717) is 0 Å². The van der Waals surface area contributed by atoms with Gasteiger partial charge in [-0.25, -0.2) is 0 Å². The predicted octanol–water partition coefficient (Wildman–Crippen LogP) is 2.72. The van der Waals surface area contributed by atoms with Crippen molar-refractivity contribution in [1.82, 2.24) is 0 Å². The Morgan fingerprint density at radius 2 is 1.70 bits per heavy atom. The van der Waals surface area contributed by atoms with Crippen LogP contribution in [-0.2, 0) is 20.4 Å². The Kier molecular flexibility index (Phi) is 5.21. The van der Waals surface area contributed by atoms with Crippen LogP contribution < -0.4 is 0 Å². The first-order valence-corrected chi connectivity index (χ1v) is 3.11. The van der Waals surface area contributed by atoms with Crippen molar-refractivity contribution in [3.8, 4) is 0 Å². The molecule has 0 saturated heterocycles. The minimum absolute atomic E-state index is 0. The van der Waals surface area contributed by atoms with Crippen molar-refractivity contribution in [2.24, 2.45) is 0 Å². The zero-order valence-corrected chi connectivity index (χ0v) is 7.41. The van der Waals surface area contributed by atoms with E-state index in [9.17, 15) is 0 Å². The Hall–Kier alpha value is -0.378. The summed E-state index contributed by atoms with van der Waals surface area (Å²) in [6.07, 6.45) is 4.12. The molecule has 0 aliphatic rings. The number of benzene rings is 1. The molecule has 10 heavy (non-hydrogen) atoms. The normalized spacial score (nSPS) is 9.30. The Bertz CT molecular complexity index is 189. The van der Waals surface area contributed by atoms with E-state index in [-0.39, 0.29) is 20.4 Å². The summed E-state index contributed by atoms with van der Waals surface area (Å²) in [7, 11) is 0. The average Bonchev–Trinajstić information content (AvgIpc) is 1.91. The van der Waals surface area contributed by atoms with Crippen LogP contribution in [0.25, 0.3) is 6.08 Å². The monoisotopic (exact) mass is 224 g/mol. The summed E-state index contributed by atoms with van der Waals surface area (Å²) in [6.45, 7) is 2.02. The smallest absolute Gasteiger partial charge is 0 e. The fourth-order valence-corrected chi connectivity index (χ4v) is 0.757. The molecule has 1 rings (SSSR count). The second-order valence-electron chi connectivity index (χ2n) is 1.91. The van der Waals surface area contributed by atoms with Crippen LogP contribution in [0.3, 0.4) is 0 Å². The molecule has 0 amide bonds. The fraction of sp³-hybridized carbons (Fsp3) is 0.111. The van der Waals surface area contributed by atoms with Gasteiger partial charge in [0.1, 0.15) is 0 Å². The molecule has 1 aromatic carbocycles. The van der Waals surface area contributed by atoms with Crippen LogP contribution >= 0.6 is 0 Å². The third-order valence-electron chi connectivity index (χ3n) is 1.16. The van der Waals surface area contributed by atoms with Crippen molar-refractivity contribution >= 4 is 6.08 Å². The van der Waals surface area contributed by atoms with E-state index in [1.54, 1.807) is 0 Å². The third-order valence-corrected chi connectivity index (χ3v) is 1.16. The van der Waals surface area contributed by atoms with Crippen LogP contribution in [0, 0.1) is 0 Å². The second kappa shape index (κ2) is 5.41. The number of hydrogen-bond donors (Lipinski definition) is 0. The van der Waals surface area contributed by atoms with E-state index >= 15 is 0 Å². The van der Waals surface area contributed by atoms with Gasteiger partial charge in [0, 0.05) is 20.4 Å². The second-order valence-corrected chi connectivity index (χ2v) is 1.91. The maximum atomic E-state index is 2.08. The van der Waals surface area contributed by atoms with Crippen LogP contribution in [0.15, 0.2) is 36.4 Å². The topological polar surface area (TPSA) is 0 Å². The van der Waals surface area contributed by atoms with Gasteiger partial charge in [-0.2, -0.15) is 0 Å². The van der Waals surface area contributed by atoms with Gasteiger partial charge in [0.15, 0.2) is 0 Å². The molecule has 0 aliphatic carbocycles. The first kappa shape index (κ1) is 9.62. The van der Waals surface area contributed by atoms with Crippen molar-refractivity contribution in [3.05, 3.63) is 42.0 Å². The molecule has 0 heterocycles. The maximum Gasteiger partial charge on any atom is 0 e. The molecule has 0 fully saturated rings. The van der Waals surface area contributed by atoms with Crippen LogP contribution in [0.4, 0.5) is 0 Å². The van der Waals surface area contributed by atoms with Crippen LogP contribution in [0.5, 0.6) is 0 Å². The molecule has 1 aromatic rings. The first-order chi connectivity index (χ1) is 4.43. The fourth-order valence-electron chi connectivity index (χ4n) is 0.757. The number of allylic oxidation sites excluding steroid dienone is 1. The molecular formula is C9H10Pd. The van der Waals surface area contributed by atoms with Gasteiger partial charge in [0.25, 0.3) is 0 Å². The van der Waals surface area contributed by atoms with Gasteiger partial charge in [-0.15, -0.1) is 0 Å². The molecule has 0 nitrogen and oxygen atoms in total. The van der Waals surface area contributed by atoms with Crippen LogP contribution in [0.2, 0.25) is 0 Å². The molecule has 0 bridgehead atoms. The minimum Gasteiger partial charge on any atom is -0.0871 e. The van der Waals surface area contributed by atoms with Gasteiger partial charge in [0.05, 0.1) is 0 Å². The minimum atomic E-state index is 0. The number of hydrogen-bond acceptors (Lipinski definition) is 0. The van der Waals surface area contributed by atoms with Crippen molar-refractivity contribution in [2.45, 2.75) is 6.92 Å². The Morgan fingerprint density at radius 3 is 2.20 bits per heavy atom.